The van der Waals surface area contributed by atoms with Crippen LogP contribution < -0.4 is 5.73 Å². The first-order valence-electron chi connectivity index (χ1n) is 3.67. The summed E-state index contributed by atoms with van der Waals surface area (Å²) in [4.78, 5) is 0. The lowest BCUT2D eigenvalue weighted by Gasteiger charge is -2.18. The maximum Gasteiger partial charge on any atom is 0.106 e. The fraction of sp³-hybridized carbons (Fsp3) is 0.556. The maximum atomic E-state index is 5.09. The van der Waals surface area contributed by atoms with Crippen LogP contribution in [0.2, 0.25) is 0 Å². The van der Waals surface area contributed by atoms with Crippen molar-refractivity contribution in [2.45, 2.75) is 27.2 Å². The van der Waals surface area contributed by atoms with Crippen molar-refractivity contribution in [1.82, 2.24) is 0 Å². The fourth-order valence-corrected chi connectivity index (χ4v) is 0.769. The van der Waals surface area contributed by atoms with Gasteiger partial charge in [-0.05, 0) is 5.41 Å². The van der Waals surface area contributed by atoms with Crippen molar-refractivity contribution in [3.63, 3.8) is 0 Å². The van der Waals surface area contributed by atoms with Crippen molar-refractivity contribution < 1.29 is 4.74 Å². The average molecular weight is 155 g/mol. The van der Waals surface area contributed by atoms with Crippen LogP contribution in [-0.4, -0.2) is 0 Å². The van der Waals surface area contributed by atoms with E-state index in [1.807, 2.05) is 0 Å². The molecule has 0 amide bonds. The van der Waals surface area contributed by atoms with Gasteiger partial charge in [0.2, 0.25) is 0 Å². The van der Waals surface area contributed by atoms with Gasteiger partial charge in [-0.3, -0.25) is 0 Å². The molecule has 2 nitrogen and oxygen atoms in total. The van der Waals surface area contributed by atoms with E-state index in [4.69, 9.17) is 10.5 Å². The first-order valence-corrected chi connectivity index (χ1v) is 3.67. The zero-order valence-electron chi connectivity index (χ0n) is 7.55. The monoisotopic (exact) mass is 155 g/mol. The highest BCUT2D eigenvalue weighted by Crippen LogP contribution is 2.23. The Kier molecular flexibility index (Phi) is 3.72. The summed E-state index contributed by atoms with van der Waals surface area (Å²) in [5.41, 5.74) is 5.32. The lowest BCUT2D eigenvalue weighted by atomic mass is 9.92. The van der Waals surface area contributed by atoms with E-state index >= 15 is 0 Å². The minimum atomic E-state index is 0.222. The van der Waals surface area contributed by atoms with Crippen LogP contribution in [0.25, 0.3) is 0 Å². The summed E-state index contributed by atoms with van der Waals surface area (Å²) in [6, 6.07) is 0. The molecule has 0 rings (SSSR count). The second kappa shape index (κ2) is 4.06. The van der Waals surface area contributed by atoms with Gasteiger partial charge in [-0.25, -0.2) is 0 Å². The van der Waals surface area contributed by atoms with E-state index in [0.717, 1.165) is 12.2 Å². The van der Waals surface area contributed by atoms with Gasteiger partial charge in [-0.15, -0.1) is 0 Å². The van der Waals surface area contributed by atoms with Crippen LogP contribution in [-0.2, 0) is 4.74 Å². The van der Waals surface area contributed by atoms with Crippen LogP contribution in [0.15, 0.2) is 24.8 Å². The Morgan fingerprint density at radius 2 is 2.09 bits per heavy atom. The standard InChI is InChI=1S/C9H17NO/c1-8(11-6-5-10)7-9(2,3)4/h5-6H,1,7,10H2,2-4H3/b6-5-. The molecule has 0 unspecified atom stereocenters. The zero-order chi connectivity index (χ0) is 8.91. The molecule has 0 aromatic rings. The van der Waals surface area contributed by atoms with Crippen LogP contribution in [0, 0.1) is 5.41 Å². The highest BCUT2D eigenvalue weighted by molar-refractivity contribution is 4.90. The largest absolute Gasteiger partial charge is 0.468 e. The Hall–Kier alpha value is -0.920. The molecule has 0 saturated heterocycles. The van der Waals surface area contributed by atoms with Gasteiger partial charge in [0.15, 0.2) is 0 Å². The Labute approximate surface area is 68.7 Å². The predicted molar refractivity (Wildman–Crippen MR) is 47.6 cm³/mol. The Morgan fingerprint density at radius 1 is 1.55 bits per heavy atom. The maximum absolute atomic E-state index is 5.09. The highest BCUT2D eigenvalue weighted by atomic mass is 16.5. The molecule has 0 saturated carbocycles. The fourth-order valence-electron chi connectivity index (χ4n) is 0.769. The number of hydrogen-bond acceptors (Lipinski definition) is 2. The molecule has 0 aromatic carbocycles. The van der Waals surface area contributed by atoms with E-state index < -0.39 is 0 Å². The van der Waals surface area contributed by atoms with Crippen LogP contribution in [0.1, 0.15) is 27.2 Å². The third kappa shape index (κ3) is 6.97. The van der Waals surface area contributed by atoms with Gasteiger partial charge in [0, 0.05) is 12.6 Å². The van der Waals surface area contributed by atoms with Crippen molar-refractivity contribution in [3.8, 4) is 0 Å². The van der Waals surface area contributed by atoms with Crippen LogP contribution in [0.5, 0.6) is 0 Å². The summed E-state index contributed by atoms with van der Waals surface area (Å²) in [5.74, 6) is 0.749. The smallest absolute Gasteiger partial charge is 0.106 e. The number of ether oxygens (including phenoxy) is 1. The first kappa shape index (κ1) is 10.1. The van der Waals surface area contributed by atoms with Gasteiger partial charge in [-0.1, -0.05) is 27.4 Å². The van der Waals surface area contributed by atoms with Gasteiger partial charge in [0.1, 0.15) is 6.26 Å². The molecule has 64 valence electrons. The molecule has 0 heterocycles. The molecule has 0 aliphatic carbocycles. The third-order valence-corrected chi connectivity index (χ3v) is 1.04. The van der Waals surface area contributed by atoms with Gasteiger partial charge >= 0.3 is 0 Å². The van der Waals surface area contributed by atoms with Crippen molar-refractivity contribution in [1.29, 1.82) is 0 Å². The van der Waals surface area contributed by atoms with Gasteiger partial charge in [0.05, 0.1) is 5.76 Å². The van der Waals surface area contributed by atoms with Crippen molar-refractivity contribution in [2.24, 2.45) is 11.1 Å². The molecular formula is C9H17NO. The van der Waals surface area contributed by atoms with Gasteiger partial charge in [-0.2, -0.15) is 0 Å². The summed E-state index contributed by atoms with van der Waals surface area (Å²) in [7, 11) is 0. The van der Waals surface area contributed by atoms with Crippen LogP contribution in [0.3, 0.4) is 0 Å². The van der Waals surface area contributed by atoms with E-state index in [0.29, 0.717) is 0 Å². The molecule has 0 atom stereocenters. The Bertz CT molecular complexity index is 153. The van der Waals surface area contributed by atoms with Gasteiger partial charge < -0.3 is 10.5 Å². The molecule has 0 aliphatic heterocycles. The minimum absolute atomic E-state index is 0.222. The molecule has 2 heteroatoms. The second-order valence-electron chi connectivity index (χ2n) is 3.72. The molecule has 0 radical (unpaired) electrons. The number of nitrogens with two attached hydrogens (primary N) is 1. The Morgan fingerprint density at radius 3 is 2.45 bits per heavy atom. The third-order valence-electron chi connectivity index (χ3n) is 1.04. The first-order chi connectivity index (χ1) is 4.95. The molecule has 0 fully saturated rings. The highest BCUT2D eigenvalue weighted by Gasteiger charge is 2.11. The van der Waals surface area contributed by atoms with E-state index in [2.05, 4.69) is 27.4 Å². The minimum Gasteiger partial charge on any atom is -0.468 e. The lowest BCUT2D eigenvalue weighted by Crippen LogP contribution is -2.06. The summed E-state index contributed by atoms with van der Waals surface area (Å²) in [6.45, 7) is 10.1. The SMILES string of the molecule is C=C(CC(C)(C)C)O/C=C\N. The average Bonchev–Trinajstić information content (AvgIpc) is 1.79. The van der Waals surface area contributed by atoms with Crippen LogP contribution >= 0.6 is 0 Å². The lowest BCUT2D eigenvalue weighted by molar-refractivity contribution is 0.277. The molecular weight excluding hydrogens is 138 g/mol. The van der Waals surface area contributed by atoms with E-state index in [9.17, 15) is 0 Å². The number of hydrogen-bond donors (Lipinski definition) is 1. The molecule has 0 bridgehead atoms. The van der Waals surface area contributed by atoms with E-state index in [1.165, 1.54) is 12.5 Å². The van der Waals surface area contributed by atoms with E-state index in [-0.39, 0.29) is 5.41 Å². The normalized spacial score (nSPS) is 11.9. The second-order valence-corrected chi connectivity index (χ2v) is 3.72. The molecule has 2 N–H and O–H groups in total. The molecule has 0 aliphatic rings. The number of allylic oxidation sites excluding steroid dienone is 1. The van der Waals surface area contributed by atoms with Crippen molar-refractivity contribution in [2.75, 3.05) is 0 Å². The topological polar surface area (TPSA) is 35.2 Å². The zero-order valence-corrected chi connectivity index (χ0v) is 7.55. The van der Waals surface area contributed by atoms with Gasteiger partial charge in [0.25, 0.3) is 0 Å². The summed E-state index contributed by atoms with van der Waals surface area (Å²) < 4.78 is 5.07. The molecule has 11 heavy (non-hydrogen) atoms. The summed E-state index contributed by atoms with van der Waals surface area (Å²) >= 11 is 0. The molecule has 0 aromatic heterocycles. The van der Waals surface area contributed by atoms with Crippen LogP contribution in [0.4, 0.5) is 0 Å². The Balaban J connectivity index is 3.70. The quantitative estimate of drug-likeness (QED) is 0.635. The van der Waals surface area contributed by atoms with E-state index in [1.54, 1.807) is 0 Å². The predicted octanol–water partition coefficient (Wildman–Crippen LogP) is 2.38. The van der Waals surface area contributed by atoms with Crippen molar-refractivity contribution >= 4 is 0 Å². The van der Waals surface area contributed by atoms with Crippen molar-refractivity contribution in [3.05, 3.63) is 24.8 Å². The molecule has 0 spiro atoms. The summed E-state index contributed by atoms with van der Waals surface area (Å²) in [5, 5.41) is 0. The summed E-state index contributed by atoms with van der Waals surface area (Å²) in [6.07, 6.45) is 3.64. The number of rotatable bonds is 3.